The molecule has 0 radical (unpaired) electrons. The summed E-state index contributed by atoms with van der Waals surface area (Å²) in [7, 11) is 4.29. The van der Waals surface area contributed by atoms with Gasteiger partial charge in [0.1, 0.15) is 40.8 Å². The van der Waals surface area contributed by atoms with Crippen molar-refractivity contribution < 1.29 is 42.2 Å². The lowest BCUT2D eigenvalue weighted by atomic mass is 10.1. The number of ether oxygens (including phenoxy) is 3. The van der Waals surface area contributed by atoms with Crippen molar-refractivity contribution in [1.82, 2.24) is 24.3 Å². The van der Waals surface area contributed by atoms with E-state index in [1.807, 2.05) is 0 Å². The molecule has 276 valence electrons. The zero-order valence-corrected chi connectivity index (χ0v) is 29.6. The van der Waals surface area contributed by atoms with Crippen LogP contribution in [-0.2, 0) is 32.2 Å². The molecule has 52 heavy (non-hydrogen) atoms. The molecule has 0 aliphatic heterocycles. The fourth-order valence-corrected chi connectivity index (χ4v) is 4.88. The highest BCUT2D eigenvalue weighted by Gasteiger charge is 2.29. The van der Waals surface area contributed by atoms with Crippen molar-refractivity contribution in [2.75, 3.05) is 26.5 Å². The van der Waals surface area contributed by atoms with Crippen molar-refractivity contribution >= 4 is 40.7 Å². The van der Waals surface area contributed by atoms with Gasteiger partial charge < -0.3 is 34.3 Å². The fraction of sp³-hybridized carbons (Fsp3) is 0.333. The van der Waals surface area contributed by atoms with Crippen molar-refractivity contribution in [3.05, 3.63) is 100 Å². The Hall–Kier alpha value is -6.06. The lowest BCUT2D eigenvalue weighted by Gasteiger charge is -2.21. The summed E-state index contributed by atoms with van der Waals surface area (Å²) in [6, 6.07) is 11.0. The van der Waals surface area contributed by atoms with Crippen molar-refractivity contribution in [3.63, 3.8) is 0 Å². The Morgan fingerprint density at radius 3 is 2.40 bits per heavy atom. The molecule has 0 saturated carbocycles. The maximum absolute atomic E-state index is 15.5. The highest BCUT2D eigenvalue weighted by molar-refractivity contribution is 5.96. The first-order valence-corrected chi connectivity index (χ1v) is 16.1. The van der Waals surface area contributed by atoms with Gasteiger partial charge in [-0.2, -0.15) is 0 Å². The monoisotopic (exact) mass is 722 g/mol. The van der Waals surface area contributed by atoms with Crippen LogP contribution in [0.1, 0.15) is 45.0 Å². The summed E-state index contributed by atoms with van der Waals surface area (Å²) in [6.07, 6.45) is 2.55. The summed E-state index contributed by atoms with van der Waals surface area (Å²) < 4.78 is 48.5. The van der Waals surface area contributed by atoms with Gasteiger partial charge in [-0.25, -0.2) is 27.9 Å². The molecule has 1 atom stereocenters. The topological polar surface area (TPSA) is 163 Å². The maximum atomic E-state index is 15.5. The van der Waals surface area contributed by atoms with Gasteiger partial charge in [0.25, 0.3) is 5.56 Å². The smallest absolute Gasteiger partial charge is 0.420 e. The lowest BCUT2D eigenvalue weighted by molar-refractivity contribution is -0.123. The molecule has 0 aliphatic carbocycles. The van der Waals surface area contributed by atoms with Gasteiger partial charge in [0, 0.05) is 26.4 Å². The summed E-state index contributed by atoms with van der Waals surface area (Å²) >= 11 is 0. The fourth-order valence-electron chi connectivity index (χ4n) is 4.88. The molecule has 0 fully saturated rings. The minimum atomic E-state index is -1.16. The molecule has 4 aromatic rings. The second kappa shape index (κ2) is 16.8. The van der Waals surface area contributed by atoms with Gasteiger partial charge in [0.2, 0.25) is 11.8 Å². The van der Waals surface area contributed by atoms with E-state index >= 15 is 8.78 Å². The van der Waals surface area contributed by atoms with Gasteiger partial charge in [-0.1, -0.05) is 36.4 Å². The summed E-state index contributed by atoms with van der Waals surface area (Å²) in [5.41, 5.74) is -2.03. The predicted octanol–water partition coefficient (Wildman–Crippen LogP) is 4.97. The Labute approximate surface area is 298 Å². The van der Waals surface area contributed by atoms with Crippen LogP contribution >= 0.6 is 0 Å². The third-order valence-electron chi connectivity index (χ3n) is 7.37. The van der Waals surface area contributed by atoms with E-state index < -0.39 is 64.7 Å². The van der Waals surface area contributed by atoms with Crippen molar-refractivity contribution in [2.45, 2.75) is 58.4 Å². The molecule has 0 aliphatic rings. The number of imidazole rings is 1. The minimum absolute atomic E-state index is 0.0515. The summed E-state index contributed by atoms with van der Waals surface area (Å²) in [5.74, 6) is -3.82. The lowest BCUT2D eigenvalue weighted by Crippen LogP contribution is -2.44. The van der Waals surface area contributed by atoms with E-state index in [0.29, 0.717) is 11.6 Å². The molecule has 2 heterocycles. The Balaban J connectivity index is 1.69. The first-order chi connectivity index (χ1) is 24.6. The summed E-state index contributed by atoms with van der Waals surface area (Å²) in [4.78, 5) is 70.1. The molecule has 2 aromatic heterocycles. The molecule has 0 unspecified atom stereocenters. The molecular formula is C36H40F2N6O8. The molecule has 2 N–H and O–H groups in total. The number of anilines is 1. The number of nitrogens with zero attached hydrogens (tertiary/aromatic N) is 4. The maximum Gasteiger partial charge on any atom is 0.420 e. The summed E-state index contributed by atoms with van der Waals surface area (Å²) in [6.45, 7) is 4.26. The quantitative estimate of drug-likeness (QED) is 0.192. The number of pyridine rings is 1. The van der Waals surface area contributed by atoms with E-state index in [0.717, 1.165) is 16.2 Å². The normalized spacial score (nSPS) is 12.0. The first kappa shape index (κ1) is 38.7. The average Bonchev–Trinajstić information content (AvgIpc) is 3.46. The van der Waals surface area contributed by atoms with Crippen molar-refractivity contribution in [3.8, 4) is 5.75 Å². The first-order valence-electron chi connectivity index (χ1n) is 16.1. The van der Waals surface area contributed by atoms with Crippen molar-refractivity contribution in [1.29, 1.82) is 0 Å². The number of fused-ring (bicyclic) bond motifs is 1. The number of rotatable bonds is 12. The number of carbonyl (C=O) groups is 4. The molecular weight excluding hydrogens is 682 g/mol. The van der Waals surface area contributed by atoms with Gasteiger partial charge >= 0.3 is 12.2 Å². The van der Waals surface area contributed by atoms with Gasteiger partial charge in [0.05, 0.1) is 13.7 Å². The van der Waals surface area contributed by atoms with Crippen LogP contribution in [0.25, 0.3) is 11.0 Å². The Kier molecular flexibility index (Phi) is 12.5. The van der Waals surface area contributed by atoms with Crippen LogP contribution in [-0.4, -0.2) is 75.9 Å². The number of hydrogen-bond acceptors (Lipinski definition) is 9. The standard InChI is InChI=1S/C36H40F2N6O8/c1-36(2,3)52-35(49)44-27(41-29-30(44)23(37)19-24(38)31(29)51-21-22-13-8-7-9-14-22)20-43-18-12-16-26(33(43)47)39-32(46)25(40-34(48)50-6)15-10-11-17-28(45)42(4)5/h7-9,11-14,16-19,25H,10,15,20-21H2,1-6H3,(H,39,46)(H,40,48)/b17-11+/t25-/m0/s1. The molecule has 0 bridgehead atoms. The van der Waals surface area contributed by atoms with Crippen molar-refractivity contribution in [2.24, 2.45) is 0 Å². The van der Waals surface area contributed by atoms with E-state index in [1.165, 1.54) is 29.3 Å². The average molecular weight is 723 g/mol. The van der Waals surface area contributed by atoms with Crippen LogP contribution in [0.15, 0.2) is 71.7 Å². The van der Waals surface area contributed by atoms with Crippen LogP contribution in [0.3, 0.4) is 0 Å². The zero-order chi connectivity index (χ0) is 38.2. The molecule has 16 heteroatoms. The minimum Gasteiger partial charge on any atom is -0.483 e. The van der Waals surface area contributed by atoms with E-state index in [9.17, 15) is 24.0 Å². The Morgan fingerprint density at radius 2 is 1.75 bits per heavy atom. The van der Waals surface area contributed by atoms with E-state index in [2.05, 4.69) is 20.4 Å². The Bertz CT molecular complexity index is 2040. The molecule has 0 spiro atoms. The second-order valence-corrected chi connectivity index (χ2v) is 12.7. The van der Waals surface area contributed by atoms with Crippen LogP contribution in [0, 0.1) is 11.6 Å². The van der Waals surface area contributed by atoms with Gasteiger partial charge in [0.15, 0.2) is 17.4 Å². The second-order valence-electron chi connectivity index (χ2n) is 12.7. The SMILES string of the molecule is COC(=O)N[C@@H](CC/C=C/C(=O)N(C)C)C(=O)Nc1cccn(Cc2nc3c(OCc4ccccc4)c(F)cc(F)c3n2C(=O)OC(C)(C)C)c1=O. The van der Waals surface area contributed by atoms with E-state index in [1.54, 1.807) is 71.3 Å². The Morgan fingerprint density at radius 1 is 1.04 bits per heavy atom. The van der Waals surface area contributed by atoms with Crippen LogP contribution in [0.2, 0.25) is 0 Å². The number of aromatic nitrogens is 3. The molecule has 2 aromatic carbocycles. The van der Waals surface area contributed by atoms with Gasteiger partial charge in [-0.3, -0.25) is 14.4 Å². The third kappa shape index (κ3) is 9.80. The third-order valence-corrected chi connectivity index (χ3v) is 7.37. The van der Waals surface area contributed by atoms with Gasteiger partial charge in [-0.05, 0) is 57.4 Å². The molecule has 3 amide bonds. The van der Waals surface area contributed by atoms with Gasteiger partial charge in [-0.15, -0.1) is 0 Å². The molecule has 4 rings (SSSR count). The van der Waals surface area contributed by atoms with Crippen LogP contribution in [0.4, 0.5) is 24.1 Å². The zero-order valence-electron chi connectivity index (χ0n) is 29.6. The predicted molar refractivity (Wildman–Crippen MR) is 187 cm³/mol. The number of hydrogen-bond donors (Lipinski definition) is 2. The number of methoxy groups -OCH3 is 1. The number of allylic oxidation sites excluding steroid dienone is 1. The number of nitrogens with one attached hydrogen (secondary N) is 2. The van der Waals surface area contributed by atoms with Crippen LogP contribution in [0.5, 0.6) is 5.75 Å². The number of alkyl carbamates (subject to hydrolysis) is 1. The largest absolute Gasteiger partial charge is 0.483 e. The van der Waals surface area contributed by atoms with Crippen LogP contribution < -0.4 is 20.9 Å². The number of likely N-dealkylation sites (N-methyl/N-ethyl adjacent to an activating group) is 1. The number of amides is 3. The summed E-state index contributed by atoms with van der Waals surface area (Å²) in [5, 5.41) is 4.90. The molecule has 14 nitrogen and oxygen atoms in total. The number of benzene rings is 2. The highest BCUT2D eigenvalue weighted by Crippen LogP contribution is 2.33. The number of halogens is 2. The van der Waals surface area contributed by atoms with E-state index in [4.69, 9.17) is 9.47 Å². The highest BCUT2D eigenvalue weighted by atomic mass is 19.1. The number of carbonyl (C=O) groups excluding carboxylic acids is 4. The van der Waals surface area contributed by atoms with E-state index in [-0.39, 0.29) is 42.4 Å². The molecule has 0 saturated heterocycles.